The van der Waals surface area contributed by atoms with E-state index in [4.69, 9.17) is 9.47 Å². The topological polar surface area (TPSA) is 47.6 Å². The minimum atomic E-state index is -0.759. The fourth-order valence-electron chi connectivity index (χ4n) is 2.28. The van der Waals surface area contributed by atoms with Crippen molar-refractivity contribution in [1.29, 1.82) is 0 Å². The highest BCUT2D eigenvalue weighted by atomic mass is 19.1. The minimum absolute atomic E-state index is 0.335. The summed E-state index contributed by atoms with van der Waals surface area (Å²) in [6, 6.07) is 22.0. The van der Waals surface area contributed by atoms with Gasteiger partial charge in [0.2, 0.25) is 0 Å². The molecule has 0 aliphatic carbocycles. The predicted molar refractivity (Wildman–Crippen MR) is 98.1 cm³/mol. The fraction of sp³-hybridized carbons (Fsp3) is 0.0952. The van der Waals surface area contributed by atoms with Crippen molar-refractivity contribution in [3.8, 4) is 17.2 Å². The fourth-order valence-corrected chi connectivity index (χ4v) is 2.28. The summed E-state index contributed by atoms with van der Waals surface area (Å²) in [4.78, 5) is 12.4. The number of halogens is 1. The van der Waals surface area contributed by atoms with Crippen molar-refractivity contribution in [1.82, 2.24) is 0 Å². The largest absolute Gasteiger partial charge is 0.481 e. The Hall–Kier alpha value is -3.34. The second-order valence-electron chi connectivity index (χ2n) is 5.61. The van der Waals surface area contributed by atoms with Gasteiger partial charge in [-0.15, -0.1) is 0 Å². The van der Waals surface area contributed by atoms with Crippen LogP contribution < -0.4 is 14.8 Å². The lowest BCUT2D eigenvalue weighted by Crippen LogP contribution is -2.30. The summed E-state index contributed by atoms with van der Waals surface area (Å²) >= 11 is 0. The van der Waals surface area contributed by atoms with Gasteiger partial charge in [0.1, 0.15) is 17.3 Å². The SMILES string of the molecule is C[C@H](Oc1ccc(F)cc1)C(=O)Nc1ccccc1Oc1ccccc1. The number of benzene rings is 3. The van der Waals surface area contributed by atoms with E-state index in [1.165, 1.54) is 24.3 Å². The van der Waals surface area contributed by atoms with Gasteiger partial charge in [0.25, 0.3) is 5.91 Å². The van der Waals surface area contributed by atoms with Gasteiger partial charge in [-0.1, -0.05) is 30.3 Å². The van der Waals surface area contributed by atoms with E-state index in [-0.39, 0.29) is 11.7 Å². The summed E-state index contributed by atoms with van der Waals surface area (Å²) in [6.45, 7) is 1.62. The van der Waals surface area contributed by atoms with Crippen LogP contribution in [-0.4, -0.2) is 12.0 Å². The third-order valence-corrected chi connectivity index (χ3v) is 3.61. The van der Waals surface area contributed by atoms with Gasteiger partial charge < -0.3 is 14.8 Å². The molecule has 0 aromatic heterocycles. The zero-order valence-electron chi connectivity index (χ0n) is 14.2. The maximum absolute atomic E-state index is 12.9. The molecule has 3 aromatic carbocycles. The van der Waals surface area contributed by atoms with Crippen LogP contribution in [0.1, 0.15) is 6.92 Å². The quantitative estimate of drug-likeness (QED) is 0.678. The molecule has 1 amide bonds. The molecule has 5 heteroatoms. The molecule has 0 aliphatic rings. The first kappa shape index (κ1) is 17.5. The first-order valence-electron chi connectivity index (χ1n) is 8.17. The van der Waals surface area contributed by atoms with Crippen molar-refractivity contribution >= 4 is 11.6 Å². The van der Waals surface area contributed by atoms with Gasteiger partial charge in [-0.25, -0.2) is 4.39 Å². The zero-order chi connectivity index (χ0) is 18.4. The number of ether oxygens (including phenoxy) is 2. The van der Waals surface area contributed by atoms with E-state index < -0.39 is 6.10 Å². The molecule has 0 spiro atoms. The minimum Gasteiger partial charge on any atom is -0.481 e. The average molecular weight is 351 g/mol. The van der Waals surface area contributed by atoms with Crippen LogP contribution in [0.3, 0.4) is 0 Å². The molecule has 26 heavy (non-hydrogen) atoms. The first-order valence-corrected chi connectivity index (χ1v) is 8.17. The summed E-state index contributed by atoms with van der Waals surface area (Å²) in [5, 5.41) is 2.80. The van der Waals surface area contributed by atoms with E-state index >= 15 is 0 Å². The number of amides is 1. The summed E-state index contributed by atoms with van der Waals surface area (Å²) in [6.07, 6.45) is -0.759. The van der Waals surface area contributed by atoms with Crippen LogP contribution in [0.5, 0.6) is 17.2 Å². The monoisotopic (exact) mass is 351 g/mol. The van der Waals surface area contributed by atoms with Crippen molar-refractivity contribution in [3.05, 3.63) is 84.7 Å². The third kappa shape index (κ3) is 4.60. The normalized spacial score (nSPS) is 11.5. The predicted octanol–water partition coefficient (Wildman–Crippen LogP) is 5.02. The molecule has 3 rings (SSSR count). The molecule has 0 aliphatic heterocycles. The molecule has 0 fully saturated rings. The molecular formula is C21H18FNO3. The number of hydrogen-bond donors (Lipinski definition) is 1. The van der Waals surface area contributed by atoms with Gasteiger partial charge in [0, 0.05) is 0 Å². The molecule has 0 radical (unpaired) electrons. The summed E-state index contributed by atoms with van der Waals surface area (Å²) < 4.78 is 24.3. The van der Waals surface area contributed by atoms with Crippen LogP contribution in [0.2, 0.25) is 0 Å². The van der Waals surface area contributed by atoms with E-state index in [1.54, 1.807) is 25.1 Å². The van der Waals surface area contributed by atoms with Crippen molar-refractivity contribution in [3.63, 3.8) is 0 Å². The van der Waals surface area contributed by atoms with Crippen LogP contribution in [0, 0.1) is 5.82 Å². The Morgan fingerprint density at radius 1 is 0.885 bits per heavy atom. The second kappa shape index (κ2) is 8.16. The summed E-state index contributed by atoms with van der Waals surface area (Å²) in [5.41, 5.74) is 0.538. The van der Waals surface area contributed by atoms with Crippen molar-refractivity contribution in [2.75, 3.05) is 5.32 Å². The molecule has 0 bridgehead atoms. The Kier molecular flexibility index (Phi) is 5.49. The van der Waals surface area contributed by atoms with Crippen LogP contribution in [0.15, 0.2) is 78.9 Å². The molecule has 0 unspecified atom stereocenters. The summed E-state index contributed by atoms with van der Waals surface area (Å²) in [7, 11) is 0. The average Bonchev–Trinajstić information content (AvgIpc) is 2.66. The molecule has 1 atom stereocenters. The maximum Gasteiger partial charge on any atom is 0.265 e. The maximum atomic E-state index is 12.9. The van der Waals surface area contributed by atoms with E-state index in [0.717, 1.165) is 0 Å². The van der Waals surface area contributed by atoms with Gasteiger partial charge in [0.15, 0.2) is 11.9 Å². The van der Waals surface area contributed by atoms with Gasteiger partial charge in [-0.05, 0) is 55.5 Å². The molecule has 0 heterocycles. The number of anilines is 1. The van der Waals surface area contributed by atoms with E-state index in [9.17, 15) is 9.18 Å². The number of hydrogen-bond acceptors (Lipinski definition) is 3. The lowest BCUT2D eigenvalue weighted by atomic mass is 10.2. The molecular weight excluding hydrogens is 333 g/mol. The van der Waals surface area contributed by atoms with Gasteiger partial charge in [-0.2, -0.15) is 0 Å². The van der Waals surface area contributed by atoms with E-state index in [0.29, 0.717) is 22.9 Å². The highest BCUT2D eigenvalue weighted by Gasteiger charge is 2.17. The van der Waals surface area contributed by atoms with E-state index in [1.807, 2.05) is 36.4 Å². The van der Waals surface area contributed by atoms with Crippen LogP contribution in [-0.2, 0) is 4.79 Å². The Bertz CT molecular complexity index is 866. The second-order valence-corrected chi connectivity index (χ2v) is 5.61. The van der Waals surface area contributed by atoms with Crippen molar-refractivity contribution < 1.29 is 18.7 Å². The number of rotatable bonds is 6. The van der Waals surface area contributed by atoms with Crippen LogP contribution in [0.4, 0.5) is 10.1 Å². The number of para-hydroxylation sites is 3. The smallest absolute Gasteiger partial charge is 0.265 e. The van der Waals surface area contributed by atoms with Crippen molar-refractivity contribution in [2.45, 2.75) is 13.0 Å². The molecule has 4 nitrogen and oxygen atoms in total. The zero-order valence-corrected chi connectivity index (χ0v) is 14.2. The number of carbonyl (C=O) groups is 1. The van der Waals surface area contributed by atoms with E-state index in [2.05, 4.69) is 5.32 Å². The number of nitrogens with one attached hydrogen (secondary N) is 1. The standard InChI is InChI=1S/C21H18FNO3/c1-15(25-18-13-11-16(22)12-14-18)21(24)23-19-9-5-6-10-20(19)26-17-7-3-2-4-8-17/h2-15H,1H3,(H,23,24)/t15-/m0/s1. The highest BCUT2D eigenvalue weighted by molar-refractivity contribution is 5.95. The third-order valence-electron chi connectivity index (χ3n) is 3.61. The van der Waals surface area contributed by atoms with Gasteiger partial charge >= 0.3 is 0 Å². The van der Waals surface area contributed by atoms with Crippen LogP contribution in [0.25, 0.3) is 0 Å². The highest BCUT2D eigenvalue weighted by Crippen LogP contribution is 2.29. The van der Waals surface area contributed by atoms with Gasteiger partial charge in [-0.3, -0.25) is 4.79 Å². The molecule has 0 saturated carbocycles. The molecule has 1 N–H and O–H groups in total. The molecule has 3 aromatic rings. The summed E-state index contributed by atoms with van der Waals surface area (Å²) in [5.74, 6) is 0.925. The van der Waals surface area contributed by atoms with Crippen molar-refractivity contribution in [2.24, 2.45) is 0 Å². The van der Waals surface area contributed by atoms with Crippen LogP contribution >= 0.6 is 0 Å². The molecule has 0 saturated heterocycles. The Morgan fingerprint density at radius 3 is 2.27 bits per heavy atom. The Morgan fingerprint density at radius 2 is 1.54 bits per heavy atom. The lowest BCUT2D eigenvalue weighted by molar-refractivity contribution is -0.122. The van der Waals surface area contributed by atoms with Gasteiger partial charge in [0.05, 0.1) is 5.69 Å². The molecule has 132 valence electrons. The Balaban J connectivity index is 1.68. The Labute approximate surface area is 151 Å². The lowest BCUT2D eigenvalue weighted by Gasteiger charge is -2.16. The number of carbonyl (C=O) groups excluding carboxylic acids is 1. The first-order chi connectivity index (χ1) is 12.6.